The molecule has 1 aliphatic heterocycles. The van der Waals surface area contributed by atoms with E-state index >= 15 is 0 Å². The highest BCUT2D eigenvalue weighted by atomic mass is 32.2. The molecule has 0 radical (unpaired) electrons. The van der Waals surface area contributed by atoms with E-state index in [1.54, 1.807) is 10.7 Å². The van der Waals surface area contributed by atoms with Crippen LogP contribution in [0.5, 0.6) is 5.88 Å². The van der Waals surface area contributed by atoms with Crippen LogP contribution in [-0.4, -0.2) is 56.2 Å². The van der Waals surface area contributed by atoms with E-state index in [9.17, 15) is 26.4 Å². The Hall–Kier alpha value is -4.89. The van der Waals surface area contributed by atoms with Gasteiger partial charge in [-0.05, 0) is 85.3 Å². The molecule has 0 aliphatic carbocycles. The van der Waals surface area contributed by atoms with Gasteiger partial charge in [-0.15, -0.1) is 5.10 Å². The maximum atomic E-state index is 13.9. The van der Waals surface area contributed by atoms with E-state index in [0.29, 0.717) is 18.5 Å². The first-order valence-electron chi connectivity index (χ1n) is 16.2. The number of alkyl halides is 3. The molecule has 262 valence electrons. The monoisotopic (exact) mass is 707 g/mol. The molecule has 2 aromatic carbocycles. The zero-order valence-electron chi connectivity index (χ0n) is 27.9. The van der Waals surface area contributed by atoms with E-state index in [0.717, 1.165) is 51.7 Å². The van der Waals surface area contributed by atoms with Gasteiger partial charge in [-0.1, -0.05) is 36.4 Å². The van der Waals surface area contributed by atoms with Gasteiger partial charge in [0, 0.05) is 31.6 Å². The summed E-state index contributed by atoms with van der Waals surface area (Å²) >= 11 is 0. The maximum Gasteiger partial charge on any atom is 0.433 e. The standard InChI is InChI=1S/C35H36F3N7O4S/c1-5-26-20-44(50(47,48)30-8-7-15-39-34(30)49-26)19-24-16-23(10-9-21(24)3)28(27-12-13-29-33(22(27)4)42-43-45(29)6-2)17-32(46)41-25-11-14-31(40-18-25)35(36,37)38/h7-16,18,26,28H,5-6,17,19-20H2,1-4H3,(H,41,46)/t26-,28+/m1/s1. The van der Waals surface area contributed by atoms with Crippen molar-refractivity contribution in [1.82, 2.24) is 29.3 Å². The zero-order chi connectivity index (χ0) is 35.8. The number of rotatable bonds is 9. The van der Waals surface area contributed by atoms with Crippen LogP contribution < -0.4 is 10.1 Å². The van der Waals surface area contributed by atoms with Crippen molar-refractivity contribution in [2.75, 3.05) is 11.9 Å². The quantitative estimate of drug-likeness (QED) is 0.186. The molecule has 0 spiro atoms. The molecule has 15 heteroatoms. The molecule has 0 saturated carbocycles. The van der Waals surface area contributed by atoms with Gasteiger partial charge >= 0.3 is 6.18 Å². The minimum atomic E-state index is -4.61. The van der Waals surface area contributed by atoms with Crippen molar-refractivity contribution in [3.63, 3.8) is 0 Å². The highest BCUT2D eigenvalue weighted by Crippen LogP contribution is 2.36. The van der Waals surface area contributed by atoms with E-state index in [2.05, 4.69) is 25.6 Å². The second-order valence-electron chi connectivity index (χ2n) is 12.2. The third-order valence-electron chi connectivity index (χ3n) is 9.00. The topological polar surface area (TPSA) is 132 Å². The number of pyridine rings is 2. The van der Waals surface area contributed by atoms with Crippen molar-refractivity contribution in [2.24, 2.45) is 0 Å². The number of carbonyl (C=O) groups excluding carboxylic acids is 1. The van der Waals surface area contributed by atoms with Crippen molar-refractivity contribution in [1.29, 1.82) is 0 Å². The van der Waals surface area contributed by atoms with Gasteiger partial charge in [-0.2, -0.15) is 17.5 Å². The molecule has 4 heterocycles. The number of hydrogen-bond donors (Lipinski definition) is 1. The van der Waals surface area contributed by atoms with Crippen LogP contribution >= 0.6 is 0 Å². The Balaban J connectivity index is 1.37. The van der Waals surface area contributed by atoms with Crippen molar-refractivity contribution in [3.05, 3.63) is 101 Å². The lowest BCUT2D eigenvalue weighted by Gasteiger charge is -2.25. The van der Waals surface area contributed by atoms with E-state index < -0.39 is 39.8 Å². The molecule has 0 fully saturated rings. The van der Waals surface area contributed by atoms with Crippen LogP contribution in [0.2, 0.25) is 0 Å². The lowest BCUT2D eigenvalue weighted by atomic mass is 9.84. The zero-order valence-corrected chi connectivity index (χ0v) is 28.7. The number of nitrogens with one attached hydrogen (secondary N) is 1. The Kier molecular flexibility index (Phi) is 9.64. The Labute approximate surface area is 287 Å². The Morgan fingerprint density at radius 2 is 1.88 bits per heavy atom. The molecule has 1 N–H and O–H groups in total. The minimum Gasteiger partial charge on any atom is -0.472 e. The molecule has 1 amide bonds. The van der Waals surface area contributed by atoms with Gasteiger partial charge in [0.05, 0.1) is 23.9 Å². The van der Waals surface area contributed by atoms with Crippen molar-refractivity contribution in [2.45, 2.75) is 76.7 Å². The van der Waals surface area contributed by atoms with Gasteiger partial charge in [0.2, 0.25) is 21.8 Å². The number of amides is 1. The van der Waals surface area contributed by atoms with Gasteiger partial charge in [-0.25, -0.2) is 23.1 Å². The molecule has 0 unspecified atom stereocenters. The van der Waals surface area contributed by atoms with Gasteiger partial charge in [-0.3, -0.25) is 4.79 Å². The van der Waals surface area contributed by atoms with Crippen LogP contribution in [0.4, 0.5) is 18.9 Å². The lowest BCUT2D eigenvalue weighted by Crippen LogP contribution is -2.36. The molecule has 2 atom stereocenters. The van der Waals surface area contributed by atoms with Crippen LogP contribution in [0.15, 0.2) is 71.9 Å². The molecule has 50 heavy (non-hydrogen) atoms. The summed E-state index contributed by atoms with van der Waals surface area (Å²) < 4.78 is 76.2. The Morgan fingerprint density at radius 3 is 2.58 bits per heavy atom. The van der Waals surface area contributed by atoms with Crippen LogP contribution in [0, 0.1) is 13.8 Å². The van der Waals surface area contributed by atoms with Crippen LogP contribution in [-0.2, 0) is 34.1 Å². The summed E-state index contributed by atoms with van der Waals surface area (Å²) in [6.07, 6.45) is -2.06. The molecular weight excluding hydrogens is 671 g/mol. The molecule has 6 rings (SSSR count). The van der Waals surface area contributed by atoms with E-state index in [4.69, 9.17) is 4.74 Å². The van der Waals surface area contributed by atoms with Crippen LogP contribution in [0.1, 0.15) is 66.1 Å². The third-order valence-corrected chi connectivity index (χ3v) is 10.8. The molecule has 5 aromatic rings. The summed E-state index contributed by atoms with van der Waals surface area (Å²) in [7, 11) is -3.97. The number of carbonyl (C=O) groups is 1. The fourth-order valence-corrected chi connectivity index (χ4v) is 7.71. The van der Waals surface area contributed by atoms with Crippen molar-refractivity contribution in [3.8, 4) is 5.88 Å². The number of sulfonamides is 1. The smallest absolute Gasteiger partial charge is 0.433 e. The number of aryl methyl sites for hydroxylation is 3. The first-order valence-corrected chi connectivity index (χ1v) is 17.6. The average molecular weight is 708 g/mol. The molecule has 0 bridgehead atoms. The lowest BCUT2D eigenvalue weighted by molar-refractivity contribution is -0.141. The summed E-state index contributed by atoms with van der Waals surface area (Å²) in [5, 5.41) is 11.3. The van der Waals surface area contributed by atoms with E-state index in [-0.39, 0.29) is 36.0 Å². The first kappa shape index (κ1) is 35.0. The second kappa shape index (κ2) is 13.8. The second-order valence-corrected chi connectivity index (χ2v) is 14.1. The highest BCUT2D eigenvalue weighted by Gasteiger charge is 2.36. The van der Waals surface area contributed by atoms with E-state index in [1.807, 2.05) is 58.0 Å². The number of halogens is 3. The third kappa shape index (κ3) is 6.92. The summed E-state index contributed by atoms with van der Waals surface area (Å²) in [5.41, 5.74) is 4.54. The minimum absolute atomic E-state index is 0.00103. The average Bonchev–Trinajstić information content (AvgIpc) is 3.47. The molecule has 3 aromatic heterocycles. The predicted molar refractivity (Wildman–Crippen MR) is 180 cm³/mol. The van der Waals surface area contributed by atoms with Gasteiger partial charge in [0.25, 0.3) is 0 Å². The number of anilines is 1. The summed E-state index contributed by atoms with van der Waals surface area (Å²) in [5.74, 6) is -0.907. The SMILES string of the molecule is CC[C@@H]1CN(Cc2cc([C@H](CC(=O)Nc3ccc(C(F)(F)F)nc3)c3ccc4c(nnn4CC)c3C)ccc2C)S(=O)(=O)c2cccnc2O1. The number of fused-ring (bicyclic) bond motifs is 2. The first-order chi connectivity index (χ1) is 23.8. The normalized spacial score (nSPS) is 16.7. The summed E-state index contributed by atoms with van der Waals surface area (Å²) in [6, 6.07) is 14.6. The van der Waals surface area contributed by atoms with Crippen LogP contribution in [0.25, 0.3) is 11.0 Å². The number of ether oxygens (including phenoxy) is 1. The van der Waals surface area contributed by atoms with E-state index in [1.165, 1.54) is 16.6 Å². The summed E-state index contributed by atoms with van der Waals surface area (Å²) in [4.78, 5) is 21.2. The fraction of sp³-hybridized carbons (Fsp3) is 0.343. The van der Waals surface area contributed by atoms with Gasteiger partial charge in [0.15, 0.2) is 0 Å². The van der Waals surface area contributed by atoms with Gasteiger partial charge in [0.1, 0.15) is 22.2 Å². The maximum absolute atomic E-state index is 13.9. The molecule has 11 nitrogen and oxygen atoms in total. The number of benzene rings is 2. The fourth-order valence-electron chi connectivity index (χ4n) is 6.19. The van der Waals surface area contributed by atoms with Crippen molar-refractivity contribution >= 4 is 32.7 Å². The number of hydrogen-bond acceptors (Lipinski definition) is 8. The predicted octanol–water partition coefficient (Wildman–Crippen LogP) is 6.40. The van der Waals surface area contributed by atoms with Gasteiger partial charge < -0.3 is 10.1 Å². The highest BCUT2D eigenvalue weighted by molar-refractivity contribution is 7.89. The summed E-state index contributed by atoms with van der Waals surface area (Å²) in [6.45, 7) is 8.48. The largest absolute Gasteiger partial charge is 0.472 e. The Morgan fingerprint density at radius 1 is 1.08 bits per heavy atom. The number of aromatic nitrogens is 5. The van der Waals surface area contributed by atoms with Crippen molar-refractivity contribution < 1.29 is 31.1 Å². The number of nitrogens with zero attached hydrogens (tertiary/aromatic N) is 6. The molecule has 1 aliphatic rings. The molecular formula is C35H36F3N7O4S. The Bertz CT molecular complexity index is 2150. The molecule has 0 saturated heterocycles. The van der Waals surface area contributed by atoms with Crippen LogP contribution in [0.3, 0.4) is 0 Å².